The van der Waals surface area contributed by atoms with Crippen molar-refractivity contribution in [3.63, 3.8) is 0 Å². The van der Waals surface area contributed by atoms with Gasteiger partial charge >= 0.3 is 0 Å². The fourth-order valence-corrected chi connectivity index (χ4v) is 4.38. The van der Waals surface area contributed by atoms with Crippen LogP contribution < -0.4 is 14.9 Å². The highest BCUT2D eigenvalue weighted by Gasteiger charge is 2.19. The molecule has 1 saturated heterocycles. The molecule has 1 aromatic carbocycles. The molecule has 0 aliphatic carbocycles. The maximum atomic E-state index is 12.8. The van der Waals surface area contributed by atoms with E-state index in [0.29, 0.717) is 22.6 Å². The van der Waals surface area contributed by atoms with Gasteiger partial charge in [0, 0.05) is 31.5 Å². The lowest BCUT2D eigenvalue weighted by Crippen LogP contribution is -2.32. The minimum atomic E-state index is -3.42. The van der Waals surface area contributed by atoms with Gasteiger partial charge in [0.15, 0.2) is 0 Å². The van der Waals surface area contributed by atoms with E-state index in [-0.39, 0.29) is 18.2 Å². The first-order valence-electron chi connectivity index (χ1n) is 9.67. The summed E-state index contributed by atoms with van der Waals surface area (Å²) < 4.78 is 26.3. The van der Waals surface area contributed by atoms with Gasteiger partial charge in [0.05, 0.1) is 11.3 Å². The van der Waals surface area contributed by atoms with Gasteiger partial charge in [-0.15, -0.1) is 6.58 Å². The highest BCUT2D eigenvalue weighted by Crippen LogP contribution is 2.23. The van der Waals surface area contributed by atoms with Crippen LogP contribution in [0.4, 0.5) is 11.5 Å². The van der Waals surface area contributed by atoms with Crippen molar-refractivity contribution in [1.29, 1.82) is 0 Å². The molecule has 0 atom stereocenters. The molecule has 1 fully saturated rings. The van der Waals surface area contributed by atoms with Gasteiger partial charge in [-0.1, -0.05) is 18.2 Å². The van der Waals surface area contributed by atoms with Crippen molar-refractivity contribution in [2.45, 2.75) is 25.0 Å². The second kappa shape index (κ2) is 9.67. The minimum Gasteiger partial charge on any atom is -0.356 e. The van der Waals surface area contributed by atoms with Crippen LogP contribution in [0.15, 0.2) is 55.3 Å². The lowest BCUT2D eigenvalue weighted by Gasteiger charge is -2.29. The highest BCUT2D eigenvalue weighted by molar-refractivity contribution is 7.88. The quantitative estimate of drug-likeness (QED) is 0.648. The number of hydrogen-bond acceptors (Lipinski definition) is 5. The van der Waals surface area contributed by atoms with E-state index in [1.165, 1.54) is 12.5 Å². The molecule has 29 heavy (non-hydrogen) atoms. The molecule has 154 valence electrons. The normalized spacial score (nSPS) is 14.4. The van der Waals surface area contributed by atoms with Gasteiger partial charge in [-0.25, -0.2) is 18.1 Å². The van der Waals surface area contributed by atoms with Crippen LogP contribution >= 0.6 is 0 Å². The van der Waals surface area contributed by atoms with Crippen molar-refractivity contribution in [2.24, 2.45) is 0 Å². The molecule has 1 aromatic heterocycles. The van der Waals surface area contributed by atoms with Gasteiger partial charge in [0.1, 0.15) is 5.82 Å². The van der Waals surface area contributed by atoms with Crippen molar-refractivity contribution in [3.8, 4) is 0 Å². The largest absolute Gasteiger partial charge is 0.356 e. The fourth-order valence-electron chi connectivity index (χ4n) is 3.27. The fraction of sp³-hybridized carbons (Fsp3) is 0.333. The van der Waals surface area contributed by atoms with E-state index in [1.807, 2.05) is 0 Å². The molecule has 3 rings (SSSR count). The van der Waals surface area contributed by atoms with E-state index in [0.717, 1.165) is 25.9 Å². The molecule has 2 N–H and O–H groups in total. The second-order valence-corrected chi connectivity index (χ2v) is 8.78. The summed E-state index contributed by atoms with van der Waals surface area (Å²) in [5.74, 6) is 0.351. The van der Waals surface area contributed by atoms with Gasteiger partial charge in [0.2, 0.25) is 10.0 Å². The van der Waals surface area contributed by atoms with Crippen molar-refractivity contribution in [3.05, 3.63) is 66.4 Å². The summed E-state index contributed by atoms with van der Waals surface area (Å²) >= 11 is 0. The maximum Gasteiger partial charge on any atom is 0.259 e. The Bertz CT molecular complexity index is 952. The predicted octanol–water partition coefficient (Wildman–Crippen LogP) is 2.93. The van der Waals surface area contributed by atoms with Crippen LogP contribution in [-0.4, -0.2) is 38.9 Å². The Kier molecular flexibility index (Phi) is 7.00. The summed E-state index contributed by atoms with van der Waals surface area (Å²) in [4.78, 5) is 19.4. The number of carbonyl (C=O) groups is 1. The van der Waals surface area contributed by atoms with Crippen LogP contribution in [0.1, 0.15) is 35.2 Å². The lowest BCUT2D eigenvalue weighted by atomic mass is 10.1. The van der Waals surface area contributed by atoms with Crippen molar-refractivity contribution in [1.82, 2.24) is 9.71 Å². The number of amides is 1. The predicted molar refractivity (Wildman–Crippen MR) is 116 cm³/mol. The van der Waals surface area contributed by atoms with Gasteiger partial charge in [-0.3, -0.25) is 4.79 Å². The third-order valence-corrected chi connectivity index (χ3v) is 6.02. The molecule has 8 heteroatoms. The van der Waals surface area contributed by atoms with Gasteiger partial charge < -0.3 is 10.2 Å². The Balaban J connectivity index is 1.68. The number of benzene rings is 1. The molecule has 0 unspecified atom stereocenters. The van der Waals surface area contributed by atoms with Gasteiger partial charge in [-0.05, 0) is 49.1 Å². The minimum absolute atomic E-state index is 0.128. The smallest absolute Gasteiger partial charge is 0.259 e. The molecule has 1 aliphatic heterocycles. The topological polar surface area (TPSA) is 91.4 Å². The van der Waals surface area contributed by atoms with E-state index in [9.17, 15) is 13.2 Å². The Hall–Kier alpha value is -2.71. The number of hydrogen-bond donors (Lipinski definition) is 2. The summed E-state index contributed by atoms with van der Waals surface area (Å²) in [5.41, 5.74) is 1.77. The molecule has 1 amide bonds. The average molecular weight is 415 g/mol. The van der Waals surface area contributed by atoms with E-state index >= 15 is 0 Å². The summed E-state index contributed by atoms with van der Waals surface area (Å²) in [6, 6.07) is 10.3. The monoisotopic (exact) mass is 414 g/mol. The number of carbonyl (C=O) groups excluding carboxylic acids is 1. The van der Waals surface area contributed by atoms with Crippen LogP contribution in [0.2, 0.25) is 0 Å². The van der Waals surface area contributed by atoms with E-state index < -0.39 is 10.0 Å². The number of rotatable bonds is 8. The summed E-state index contributed by atoms with van der Waals surface area (Å²) in [7, 11) is -3.42. The number of aromatic nitrogens is 1. The molecular formula is C21H26N4O3S. The zero-order chi connectivity index (χ0) is 20.7. The molecule has 7 nitrogen and oxygen atoms in total. The van der Waals surface area contributed by atoms with Crippen molar-refractivity contribution in [2.75, 3.05) is 29.9 Å². The SMILES string of the molecule is C=CCNS(=O)(=O)Cc1ccc(NC(=O)c2cccnc2N2CCCCC2)cc1. The zero-order valence-electron chi connectivity index (χ0n) is 16.3. The number of nitrogens with one attached hydrogen (secondary N) is 2. The Morgan fingerprint density at radius 2 is 1.86 bits per heavy atom. The first kappa shape index (κ1) is 21.0. The summed E-state index contributed by atoms with van der Waals surface area (Å²) in [6.07, 6.45) is 6.60. The molecule has 0 bridgehead atoms. The molecule has 0 saturated carbocycles. The Labute approximate surface area is 171 Å². The summed E-state index contributed by atoms with van der Waals surface area (Å²) in [6.45, 7) is 5.50. The maximum absolute atomic E-state index is 12.8. The molecule has 0 radical (unpaired) electrons. The number of pyridine rings is 1. The highest BCUT2D eigenvalue weighted by atomic mass is 32.2. The number of piperidine rings is 1. The van der Waals surface area contributed by atoms with E-state index in [2.05, 4.69) is 26.5 Å². The average Bonchev–Trinajstić information content (AvgIpc) is 2.74. The molecule has 2 aromatic rings. The van der Waals surface area contributed by atoms with Gasteiger partial charge in [-0.2, -0.15) is 0 Å². The zero-order valence-corrected chi connectivity index (χ0v) is 17.1. The molecule has 2 heterocycles. The second-order valence-electron chi connectivity index (χ2n) is 6.97. The summed E-state index contributed by atoms with van der Waals surface area (Å²) in [5, 5.41) is 2.88. The van der Waals surface area contributed by atoms with Crippen LogP contribution in [-0.2, 0) is 15.8 Å². The van der Waals surface area contributed by atoms with E-state index in [4.69, 9.17) is 0 Å². The third kappa shape index (κ3) is 5.88. The van der Waals surface area contributed by atoms with Crippen LogP contribution in [0.25, 0.3) is 0 Å². The first-order valence-corrected chi connectivity index (χ1v) is 11.3. The number of anilines is 2. The first-order chi connectivity index (χ1) is 14.0. The Morgan fingerprint density at radius 1 is 1.14 bits per heavy atom. The van der Waals surface area contributed by atoms with Crippen LogP contribution in [0.5, 0.6) is 0 Å². The molecule has 0 spiro atoms. The van der Waals surface area contributed by atoms with Crippen LogP contribution in [0.3, 0.4) is 0 Å². The van der Waals surface area contributed by atoms with Crippen molar-refractivity contribution >= 4 is 27.4 Å². The lowest BCUT2D eigenvalue weighted by molar-refractivity contribution is 0.102. The number of nitrogens with zero attached hydrogens (tertiary/aromatic N) is 2. The Morgan fingerprint density at radius 3 is 2.55 bits per heavy atom. The number of sulfonamides is 1. The van der Waals surface area contributed by atoms with E-state index in [1.54, 1.807) is 42.6 Å². The van der Waals surface area contributed by atoms with Crippen LogP contribution in [0, 0.1) is 0 Å². The van der Waals surface area contributed by atoms with Gasteiger partial charge in [0.25, 0.3) is 5.91 Å². The standard InChI is InChI=1S/C21H26N4O3S/c1-2-12-23-29(27,28)16-17-8-10-18(11-9-17)24-21(26)19-7-6-13-22-20(19)25-14-4-3-5-15-25/h2,6-11,13,23H,1,3-5,12,14-16H2,(H,24,26). The molecule has 1 aliphatic rings. The third-order valence-electron chi connectivity index (χ3n) is 4.70. The van der Waals surface area contributed by atoms with Crippen molar-refractivity contribution < 1.29 is 13.2 Å². The molecular weight excluding hydrogens is 388 g/mol.